The molecule has 4 heteroatoms. The largest absolute Gasteiger partial charge is 0.389 e. The minimum atomic E-state index is 0.590. The monoisotopic (exact) mass is 183 g/mol. The summed E-state index contributed by atoms with van der Waals surface area (Å²) in [4.78, 5) is 0. The van der Waals surface area contributed by atoms with E-state index in [2.05, 4.69) is 9.69 Å². The number of nitrogens with zero attached hydrogens (tertiary/aromatic N) is 1. The molecule has 1 aliphatic rings. The van der Waals surface area contributed by atoms with Crippen molar-refractivity contribution in [1.29, 1.82) is 0 Å². The van der Waals surface area contributed by atoms with Crippen molar-refractivity contribution in [3.8, 4) is 0 Å². The summed E-state index contributed by atoms with van der Waals surface area (Å²) in [6, 6.07) is 2.00. The molecule has 1 saturated heterocycles. The number of anilines is 1. The lowest BCUT2D eigenvalue weighted by atomic mass is 9.96. The maximum absolute atomic E-state index is 5.62. The lowest BCUT2D eigenvalue weighted by Crippen LogP contribution is -2.28. The fourth-order valence-corrected chi connectivity index (χ4v) is 2.19. The Hall–Kier alpha value is -0.610. The number of nitrogens with one attached hydrogen (secondary N) is 1. The number of hydrogen-bond acceptors (Lipinski definition) is 4. The van der Waals surface area contributed by atoms with Crippen LogP contribution in [-0.4, -0.2) is 17.5 Å². The second kappa shape index (κ2) is 3.41. The minimum Gasteiger partial charge on any atom is -0.389 e. The zero-order valence-corrected chi connectivity index (χ0v) is 7.73. The van der Waals surface area contributed by atoms with Gasteiger partial charge in [0.05, 0.1) is 5.69 Å². The van der Waals surface area contributed by atoms with E-state index in [1.54, 1.807) is 0 Å². The van der Waals surface area contributed by atoms with E-state index in [1.807, 2.05) is 6.07 Å². The van der Waals surface area contributed by atoms with Crippen LogP contribution >= 0.6 is 11.5 Å². The molecule has 1 aromatic rings. The summed E-state index contributed by atoms with van der Waals surface area (Å²) >= 11 is 1.40. The van der Waals surface area contributed by atoms with Crippen molar-refractivity contribution >= 4 is 16.5 Å². The summed E-state index contributed by atoms with van der Waals surface area (Å²) in [6.45, 7) is 2.21. The molecular formula is C8H13N3S. The normalized spacial score (nSPS) is 24.2. The van der Waals surface area contributed by atoms with Crippen LogP contribution in [0.1, 0.15) is 24.5 Å². The number of nitrogens with two attached hydrogens (primary N) is 1. The third-order valence-electron chi connectivity index (χ3n) is 2.26. The van der Waals surface area contributed by atoms with Crippen molar-refractivity contribution in [3.63, 3.8) is 0 Å². The molecule has 3 nitrogen and oxygen atoms in total. The van der Waals surface area contributed by atoms with E-state index in [-0.39, 0.29) is 0 Å². The summed E-state index contributed by atoms with van der Waals surface area (Å²) in [5.41, 5.74) is 6.79. The lowest BCUT2D eigenvalue weighted by molar-refractivity contribution is 0.457. The molecule has 66 valence electrons. The molecule has 2 heterocycles. The number of piperidine rings is 1. The molecule has 1 aromatic heterocycles. The molecule has 0 radical (unpaired) electrons. The Balaban J connectivity index is 2.08. The van der Waals surface area contributed by atoms with Crippen molar-refractivity contribution in [2.75, 3.05) is 18.8 Å². The van der Waals surface area contributed by atoms with Crippen molar-refractivity contribution in [1.82, 2.24) is 9.69 Å². The van der Waals surface area contributed by atoms with E-state index in [0.29, 0.717) is 5.92 Å². The van der Waals surface area contributed by atoms with Crippen molar-refractivity contribution in [3.05, 3.63) is 11.8 Å². The van der Waals surface area contributed by atoms with Crippen LogP contribution in [0.4, 0.5) is 5.00 Å². The van der Waals surface area contributed by atoms with E-state index in [1.165, 1.54) is 30.1 Å². The SMILES string of the molecule is Nc1cc(C2CCCNC2)ns1. The first kappa shape index (κ1) is 8.01. The zero-order valence-electron chi connectivity index (χ0n) is 6.92. The number of rotatable bonds is 1. The Morgan fingerprint density at radius 1 is 1.67 bits per heavy atom. The van der Waals surface area contributed by atoms with Crippen LogP contribution in [0.3, 0.4) is 0 Å². The third-order valence-corrected chi connectivity index (χ3v) is 2.89. The molecule has 1 fully saturated rings. The highest BCUT2D eigenvalue weighted by atomic mass is 32.1. The molecule has 0 bridgehead atoms. The summed E-state index contributed by atoms with van der Waals surface area (Å²) in [5, 5.41) is 4.20. The molecule has 0 saturated carbocycles. The first-order valence-electron chi connectivity index (χ1n) is 4.29. The molecule has 0 aliphatic carbocycles. The first-order valence-corrected chi connectivity index (χ1v) is 5.06. The topological polar surface area (TPSA) is 50.9 Å². The number of nitrogen functional groups attached to an aromatic ring is 1. The van der Waals surface area contributed by atoms with Gasteiger partial charge < -0.3 is 11.1 Å². The van der Waals surface area contributed by atoms with Gasteiger partial charge in [0, 0.05) is 12.5 Å². The van der Waals surface area contributed by atoms with Crippen molar-refractivity contribution in [2.24, 2.45) is 0 Å². The Bertz CT molecular complexity index is 253. The van der Waals surface area contributed by atoms with Crippen LogP contribution in [0.5, 0.6) is 0 Å². The third kappa shape index (κ3) is 1.59. The van der Waals surface area contributed by atoms with Gasteiger partial charge >= 0.3 is 0 Å². The Labute approximate surface area is 76.1 Å². The van der Waals surface area contributed by atoms with Crippen molar-refractivity contribution in [2.45, 2.75) is 18.8 Å². The zero-order chi connectivity index (χ0) is 8.39. The Kier molecular flexibility index (Phi) is 2.28. The second-order valence-electron chi connectivity index (χ2n) is 3.20. The quantitative estimate of drug-likeness (QED) is 0.687. The van der Waals surface area contributed by atoms with E-state index in [9.17, 15) is 0 Å². The molecule has 12 heavy (non-hydrogen) atoms. The number of aromatic nitrogens is 1. The van der Waals surface area contributed by atoms with Gasteiger partial charge in [0.1, 0.15) is 5.00 Å². The highest BCUT2D eigenvalue weighted by Crippen LogP contribution is 2.25. The van der Waals surface area contributed by atoms with E-state index >= 15 is 0 Å². The highest BCUT2D eigenvalue weighted by molar-refractivity contribution is 7.10. The average molecular weight is 183 g/mol. The maximum atomic E-state index is 5.62. The van der Waals surface area contributed by atoms with Crippen molar-refractivity contribution < 1.29 is 0 Å². The Morgan fingerprint density at radius 2 is 2.58 bits per heavy atom. The molecule has 1 aliphatic heterocycles. The molecule has 0 amide bonds. The van der Waals surface area contributed by atoms with Crippen LogP contribution in [-0.2, 0) is 0 Å². The molecule has 1 atom stereocenters. The van der Waals surface area contributed by atoms with E-state index < -0.39 is 0 Å². The van der Waals surface area contributed by atoms with Gasteiger partial charge in [-0.15, -0.1) is 0 Å². The van der Waals surface area contributed by atoms with E-state index in [4.69, 9.17) is 5.73 Å². The van der Waals surface area contributed by atoms with Gasteiger partial charge in [0.15, 0.2) is 0 Å². The molecule has 2 rings (SSSR count). The van der Waals surface area contributed by atoms with Gasteiger partial charge in [0.2, 0.25) is 0 Å². The summed E-state index contributed by atoms with van der Waals surface area (Å²) in [5.74, 6) is 0.590. The molecule has 0 aromatic carbocycles. The molecule has 1 unspecified atom stereocenters. The number of hydrogen-bond donors (Lipinski definition) is 2. The van der Waals surface area contributed by atoms with Gasteiger partial charge in [0.25, 0.3) is 0 Å². The van der Waals surface area contributed by atoms with Crippen LogP contribution in [0.2, 0.25) is 0 Å². The fourth-order valence-electron chi connectivity index (χ4n) is 1.60. The fraction of sp³-hybridized carbons (Fsp3) is 0.625. The molecular weight excluding hydrogens is 170 g/mol. The smallest absolute Gasteiger partial charge is 0.107 e. The summed E-state index contributed by atoms with van der Waals surface area (Å²) < 4.78 is 4.32. The van der Waals surface area contributed by atoms with Crippen LogP contribution in [0.15, 0.2) is 6.07 Å². The van der Waals surface area contributed by atoms with E-state index in [0.717, 1.165) is 18.1 Å². The first-order chi connectivity index (χ1) is 5.86. The molecule has 0 spiro atoms. The summed E-state index contributed by atoms with van der Waals surface area (Å²) in [6.07, 6.45) is 2.50. The predicted octanol–water partition coefficient (Wildman–Crippen LogP) is 1.19. The predicted molar refractivity (Wildman–Crippen MR) is 51.4 cm³/mol. The van der Waals surface area contributed by atoms with Gasteiger partial charge in [-0.2, -0.15) is 4.37 Å². The van der Waals surface area contributed by atoms with Gasteiger partial charge in [-0.3, -0.25) is 0 Å². The van der Waals surface area contributed by atoms with Crippen LogP contribution < -0.4 is 11.1 Å². The minimum absolute atomic E-state index is 0.590. The summed E-state index contributed by atoms with van der Waals surface area (Å²) in [7, 11) is 0. The second-order valence-corrected chi connectivity index (χ2v) is 4.03. The van der Waals surface area contributed by atoms with Crippen LogP contribution in [0.25, 0.3) is 0 Å². The average Bonchev–Trinajstić information content (AvgIpc) is 2.54. The maximum Gasteiger partial charge on any atom is 0.107 e. The standard InChI is InChI=1S/C8H13N3S/c9-8-4-7(11-12-8)6-2-1-3-10-5-6/h4,6,10H,1-3,5,9H2. The van der Waals surface area contributed by atoms with Gasteiger partial charge in [-0.05, 0) is 37.0 Å². The Morgan fingerprint density at radius 3 is 3.17 bits per heavy atom. The van der Waals surface area contributed by atoms with Crippen LogP contribution in [0, 0.1) is 0 Å². The van der Waals surface area contributed by atoms with Gasteiger partial charge in [-0.1, -0.05) is 0 Å². The highest BCUT2D eigenvalue weighted by Gasteiger charge is 2.17. The van der Waals surface area contributed by atoms with Gasteiger partial charge in [-0.25, -0.2) is 0 Å². The molecule has 3 N–H and O–H groups in total. The lowest BCUT2D eigenvalue weighted by Gasteiger charge is -2.20.